The van der Waals surface area contributed by atoms with Gasteiger partial charge in [-0.25, -0.2) is 4.79 Å². The van der Waals surface area contributed by atoms with E-state index in [-0.39, 0.29) is 0 Å². The van der Waals surface area contributed by atoms with Crippen molar-refractivity contribution in [1.29, 1.82) is 0 Å². The first-order valence-electron chi connectivity index (χ1n) is 6.22. The summed E-state index contributed by atoms with van der Waals surface area (Å²) >= 11 is 0. The van der Waals surface area contributed by atoms with Crippen LogP contribution in [0, 0.1) is 0 Å². The first-order chi connectivity index (χ1) is 8.05. The minimum atomic E-state index is -1.71. The van der Waals surface area contributed by atoms with E-state index in [0.29, 0.717) is 12.0 Å². The molecule has 0 amide bonds. The molecular formula is C14H24O2Si. The average molecular weight is 252 g/mol. The summed E-state index contributed by atoms with van der Waals surface area (Å²) < 4.78 is 0. The Hall–Kier alpha value is -1.09. The molecule has 2 nitrogen and oxygen atoms in total. The number of hydrogen-bond acceptors (Lipinski definition) is 1. The van der Waals surface area contributed by atoms with Gasteiger partial charge in [0.25, 0.3) is 0 Å². The van der Waals surface area contributed by atoms with Crippen molar-refractivity contribution in [3.05, 3.63) is 36.6 Å². The van der Waals surface area contributed by atoms with E-state index >= 15 is 0 Å². The normalized spacial score (nSPS) is 12.2. The molecule has 1 N–H and O–H groups in total. The van der Waals surface area contributed by atoms with Crippen LogP contribution in [-0.2, 0) is 4.79 Å². The highest BCUT2D eigenvalue weighted by Gasteiger charge is 2.27. The number of carboxylic acid groups (broad SMARTS) is 1. The zero-order chi connectivity index (χ0) is 13.3. The lowest BCUT2D eigenvalue weighted by molar-refractivity contribution is -0.132. The molecule has 3 heteroatoms. The van der Waals surface area contributed by atoms with Crippen LogP contribution in [0.2, 0.25) is 18.1 Å². The molecule has 0 saturated heterocycles. The van der Waals surface area contributed by atoms with Gasteiger partial charge in [-0.05, 0) is 18.5 Å². The molecular weight excluding hydrogens is 228 g/mol. The van der Waals surface area contributed by atoms with Crippen LogP contribution >= 0.6 is 0 Å². The summed E-state index contributed by atoms with van der Waals surface area (Å²) in [7, 11) is -1.71. The van der Waals surface area contributed by atoms with E-state index in [4.69, 9.17) is 0 Å². The van der Waals surface area contributed by atoms with Gasteiger partial charge in [-0.3, -0.25) is 0 Å². The second-order valence-electron chi connectivity index (χ2n) is 4.43. The predicted molar refractivity (Wildman–Crippen MR) is 76.9 cm³/mol. The number of carboxylic acids is 1. The largest absolute Gasteiger partial charge is 0.478 e. The Morgan fingerprint density at radius 2 is 1.76 bits per heavy atom. The number of allylic oxidation sites excluding steroid dienone is 2. The fraction of sp³-hybridized carbons (Fsp3) is 0.500. The van der Waals surface area contributed by atoms with Crippen molar-refractivity contribution in [2.75, 3.05) is 0 Å². The molecule has 0 aliphatic rings. The number of hydrogen-bond donors (Lipinski definition) is 1. The summed E-state index contributed by atoms with van der Waals surface area (Å²) in [4.78, 5) is 11.2. The fourth-order valence-corrected chi connectivity index (χ4v) is 5.39. The van der Waals surface area contributed by atoms with Crippen LogP contribution in [0.4, 0.5) is 0 Å². The van der Waals surface area contributed by atoms with Crippen molar-refractivity contribution >= 4 is 14.0 Å². The molecule has 0 aliphatic heterocycles. The van der Waals surface area contributed by atoms with Gasteiger partial charge in [0.2, 0.25) is 0 Å². The zero-order valence-electron chi connectivity index (χ0n) is 11.0. The minimum Gasteiger partial charge on any atom is -0.478 e. The smallest absolute Gasteiger partial charge is 0.330 e. The Morgan fingerprint density at radius 3 is 2.06 bits per heavy atom. The average Bonchev–Trinajstić information content (AvgIpc) is 2.28. The molecule has 0 spiro atoms. The monoisotopic (exact) mass is 252 g/mol. The van der Waals surface area contributed by atoms with Crippen molar-refractivity contribution in [2.24, 2.45) is 0 Å². The Morgan fingerprint density at radius 1 is 1.24 bits per heavy atom. The van der Waals surface area contributed by atoms with E-state index < -0.39 is 14.0 Å². The molecule has 0 fully saturated rings. The molecule has 0 rings (SSSR count). The Bertz CT molecular complexity index is 295. The third-order valence-electron chi connectivity index (χ3n) is 3.08. The van der Waals surface area contributed by atoms with Gasteiger partial charge in [0.1, 0.15) is 0 Å². The van der Waals surface area contributed by atoms with E-state index in [1.807, 2.05) is 19.1 Å². The van der Waals surface area contributed by atoms with Gasteiger partial charge in [-0.15, -0.1) is 13.2 Å². The Labute approximate surface area is 106 Å². The van der Waals surface area contributed by atoms with Gasteiger partial charge in [0, 0.05) is 5.57 Å². The molecule has 96 valence electrons. The first kappa shape index (κ1) is 15.9. The van der Waals surface area contributed by atoms with Gasteiger partial charge < -0.3 is 5.11 Å². The lowest BCUT2D eigenvalue weighted by atomic mass is 10.2. The quantitative estimate of drug-likeness (QED) is 0.380. The standard InChI is InChI=1S/C14H24O2Si/c1-5-9-13(14(15)16)12-17(8-4,10-6-2)11-7-3/h6-7,12H,2-3,5,8-11H2,1,4H3,(H,15,16). The van der Waals surface area contributed by atoms with E-state index in [1.54, 1.807) is 0 Å². The van der Waals surface area contributed by atoms with Crippen molar-refractivity contribution in [2.45, 2.75) is 44.8 Å². The summed E-state index contributed by atoms with van der Waals surface area (Å²) in [6.45, 7) is 11.7. The summed E-state index contributed by atoms with van der Waals surface area (Å²) in [6, 6.07) is 2.89. The molecule has 0 unspecified atom stereocenters. The molecule has 0 atom stereocenters. The second-order valence-corrected chi connectivity index (χ2v) is 8.96. The molecule has 0 bridgehead atoms. The van der Waals surface area contributed by atoms with E-state index in [2.05, 4.69) is 25.8 Å². The van der Waals surface area contributed by atoms with Gasteiger partial charge in [0.05, 0.1) is 8.07 Å². The highest BCUT2D eigenvalue weighted by molar-refractivity contribution is 6.85. The Balaban J connectivity index is 5.25. The maximum absolute atomic E-state index is 11.2. The fourth-order valence-electron chi connectivity index (χ4n) is 2.05. The highest BCUT2D eigenvalue weighted by Crippen LogP contribution is 2.26. The van der Waals surface area contributed by atoms with Crippen LogP contribution in [0.25, 0.3) is 0 Å². The molecule has 0 radical (unpaired) electrons. The van der Waals surface area contributed by atoms with E-state index in [1.165, 1.54) is 0 Å². The molecule has 0 heterocycles. The molecule has 17 heavy (non-hydrogen) atoms. The molecule has 0 aromatic heterocycles. The van der Waals surface area contributed by atoms with Crippen LogP contribution in [-0.4, -0.2) is 19.1 Å². The second kappa shape index (κ2) is 8.07. The highest BCUT2D eigenvalue weighted by atomic mass is 28.3. The van der Waals surface area contributed by atoms with Crippen molar-refractivity contribution < 1.29 is 9.90 Å². The lowest BCUT2D eigenvalue weighted by Crippen LogP contribution is -2.31. The van der Waals surface area contributed by atoms with E-state index in [9.17, 15) is 9.90 Å². The number of aliphatic carboxylic acids is 1. The lowest BCUT2D eigenvalue weighted by Gasteiger charge is -2.25. The van der Waals surface area contributed by atoms with Crippen molar-refractivity contribution in [1.82, 2.24) is 0 Å². The minimum absolute atomic E-state index is 0.574. The zero-order valence-corrected chi connectivity index (χ0v) is 12.0. The van der Waals surface area contributed by atoms with Crippen LogP contribution in [0.5, 0.6) is 0 Å². The topological polar surface area (TPSA) is 37.3 Å². The van der Waals surface area contributed by atoms with Crippen LogP contribution in [0.3, 0.4) is 0 Å². The van der Waals surface area contributed by atoms with Gasteiger partial charge in [-0.2, -0.15) is 0 Å². The SMILES string of the molecule is C=CC[Si](C=C(CCC)C(=O)O)(CC)CC=C. The molecule has 0 aliphatic carbocycles. The first-order valence-corrected chi connectivity index (χ1v) is 8.92. The number of carbonyl (C=O) groups is 1. The maximum Gasteiger partial charge on any atom is 0.330 e. The van der Waals surface area contributed by atoms with Crippen molar-refractivity contribution in [3.8, 4) is 0 Å². The maximum atomic E-state index is 11.2. The van der Waals surface area contributed by atoms with Gasteiger partial charge in [0.15, 0.2) is 0 Å². The van der Waals surface area contributed by atoms with E-state index in [0.717, 1.165) is 24.6 Å². The summed E-state index contributed by atoms with van der Waals surface area (Å²) in [5.74, 6) is -0.773. The molecule has 0 aromatic rings. The van der Waals surface area contributed by atoms with Gasteiger partial charge in [-0.1, -0.05) is 44.2 Å². The predicted octanol–water partition coefficient (Wildman–Crippen LogP) is 4.18. The number of rotatable bonds is 9. The van der Waals surface area contributed by atoms with Crippen LogP contribution in [0.15, 0.2) is 36.6 Å². The summed E-state index contributed by atoms with van der Waals surface area (Å²) in [5.41, 5.74) is 2.63. The van der Waals surface area contributed by atoms with Crippen LogP contribution < -0.4 is 0 Å². The third kappa shape index (κ3) is 5.17. The van der Waals surface area contributed by atoms with Crippen LogP contribution in [0.1, 0.15) is 26.7 Å². The third-order valence-corrected chi connectivity index (χ3v) is 7.65. The Kier molecular flexibility index (Phi) is 7.55. The molecule has 0 saturated carbocycles. The molecule has 0 aromatic carbocycles. The van der Waals surface area contributed by atoms with Crippen molar-refractivity contribution in [3.63, 3.8) is 0 Å². The summed E-state index contributed by atoms with van der Waals surface area (Å²) in [5, 5.41) is 9.20. The van der Waals surface area contributed by atoms with Gasteiger partial charge >= 0.3 is 5.97 Å². The summed E-state index contributed by atoms with van der Waals surface area (Å²) in [6.07, 6.45) is 5.36.